The first-order chi connectivity index (χ1) is 12.2. The minimum Gasteiger partial charge on any atom is -0.365 e. The Kier molecular flexibility index (Phi) is 4.84. The average molecular weight is 344 g/mol. The Morgan fingerprint density at radius 1 is 0.720 bits per heavy atom. The molecule has 0 saturated carbocycles. The molecule has 122 valence electrons. The lowest BCUT2D eigenvalue weighted by atomic mass is 10.3. The van der Waals surface area contributed by atoms with Gasteiger partial charge in [-0.3, -0.25) is 4.79 Å². The third kappa shape index (κ3) is 2.89. The van der Waals surface area contributed by atoms with E-state index in [-0.39, 0.29) is 5.29 Å². The average Bonchev–Trinajstić information content (AvgIpc) is 2.68. The van der Waals surface area contributed by atoms with Gasteiger partial charge in [-0.25, -0.2) is 0 Å². The second-order valence-electron chi connectivity index (χ2n) is 5.50. The Labute approximate surface area is 147 Å². The lowest BCUT2D eigenvalue weighted by molar-refractivity contribution is -0.111. The van der Waals surface area contributed by atoms with Gasteiger partial charge in [-0.05, 0) is 15.9 Å². The molecule has 0 heterocycles. The molecule has 3 aromatic rings. The molecule has 3 nitrogen and oxygen atoms in total. The Balaban J connectivity index is 2.60. The van der Waals surface area contributed by atoms with Gasteiger partial charge in [-0.2, -0.15) is 5.26 Å². The van der Waals surface area contributed by atoms with Gasteiger partial charge in [0.05, 0.1) is 0 Å². The molecule has 25 heavy (non-hydrogen) atoms. The van der Waals surface area contributed by atoms with Crippen LogP contribution in [0.5, 0.6) is 0 Å². The van der Waals surface area contributed by atoms with Crippen molar-refractivity contribution in [3.63, 3.8) is 0 Å². The van der Waals surface area contributed by atoms with Crippen molar-refractivity contribution in [1.29, 1.82) is 5.26 Å². The smallest absolute Gasteiger partial charge is 0.260 e. The zero-order valence-corrected chi connectivity index (χ0v) is 14.4. The summed E-state index contributed by atoms with van der Waals surface area (Å²) >= 11 is 0. The number of carbonyl (C=O) groups excluding carboxylic acids is 1. The van der Waals surface area contributed by atoms with Gasteiger partial charge in [0.2, 0.25) is 0 Å². The van der Waals surface area contributed by atoms with Gasteiger partial charge in [0.15, 0.2) is 0 Å². The Morgan fingerprint density at radius 3 is 1.28 bits per heavy atom. The molecule has 4 heteroatoms. The molecule has 0 aliphatic rings. The van der Waals surface area contributed by atoms with E-state index < -0.39 is 12.8 Å². The Hall–Kier alpha value is -3.08. The monoisotopic (exact) mass is 344 g/mol. The highest BCUT2D eigenvalue weighted by atomic mass is 31.2. The summed E-state index contributed by atoms with van der Waals surface area (Å²) in [7, 11) is 0. The van der Waals surface area contributed by atoms with Gasteiger partial charge in [0.25, 0.3) is 5.91 Å². The number of rotatable bonds is 4. The molecule has 0 fully saturated rings. The molecule has 0 atom stereocenters. The maximum Gasteiger partial charge on any atom is 0.260 e. The molecule has 3 rings (SSSR count). The molecule has 0 aromatic heterocycles. The van der Waals surface area contributed by atoms with Crippen LogP contribution in [0.3, 0.4) is 0 Å². The zero-order valence-electron chi connectivity index (χ0n) is 13.5. The summed E-state index contributed by atoms with van der Waals surface area (Å²) in [6.45, 7) is -2.64. The van der Waals surface area contributed by atoms with E-state index in [0.717, 1.165) is 15.9 Å². The van der Waals surface area contributed by atoms with E-state index in [0.29, 0.717) is 0 Å². The number of hydrogen-bond acceptors (Lipinski definition) is 2. The molecular formula is C21H17N2OP. The van der Waals surface area contributed by atoms with Gasteiger partial charge in [0.1, 0.15) is 11.4 Å². The van der Waals surface area contributed by atoms with Crippen molar-refractivity contribution >= 4 is 34.0 Å². The van der Waals surface area contributed by atoms with E-state index in [4.69, 9.17) is 5.73 Å². The van der Waals surface area contributed by atoms with E-state index in [1.807, 2.05) is 91.0 Å². The summed E-state index contributed by atoms with van der Waals surface area (Å²) in [6, 6.07) is 31.2. The second kappa shape index (κ2) is 7.21. The van der Waals surface area contributed by atoms with E-state index in [9.17, 15) is 10.1 Å². The number of benzene rings is 3. The molecule has 0 aliphatic carbocycles. The van der Waals surface area contributed by atoms with Crippen molar-refractivity contribution in [3.05, 3.63) is 91.0 Å². The fourth-order valence-corrected chi connectivity index (χ4v) is 7.09. The highest BCUT2D eigenvalue weighted by Crippen LogP contribution is 2.45. The van der Waals surface area contributed by atoms with Crippen LogP contribution in [-0.4, -0.2) is 11.2 Å². The van der Waals surface area contributed by atoms with E-state index in [1.54, 1.807) is 0 Å². The minimum absolute atomic E-state index is 0.107. The summed E-state index contributed by atoms with van der Waals surface area (Å²) in [4.78, 5) is 12.3. The van der Waals surface area contributed by atoms with Crippen molar-refractivity contribution in [2.24, 2.45) is 5.73 Å². The molecule has 2 N–H and O–H groups in total. The SMILES string of the molecule is N#CC(C(N)=O)=P(c1ccccc1)(c1ccccc1)c1ccccc1. The molecule has 0 bridgehead atoms. The number of nitriles is 1. The number of carbonyl (C=O) groups is 1. The van der Waals surface area contributed by atoms with Gasteiger partial charge in [-0.15, -0.1) is 0 Å². The predicted octanol–water partition coefficient (Wildman–Crippen LogP) is 2.16. The number of amides is 1. The summed E-state index contributed by atoms with van der Waals surface area (Å²) in [5, 5.41) is 12.8. The fraction of sp³-hybridized carbons (Fsp3) is 0. The maximum atomic E-state index is 12.3. The first-order valence-corrected chi connectivity index (χ1v) is 9.63. The summed E-state index contributed by atoms with van der Waals surface area (Å²) in [5.74, 6) is -0.674. The van der Waals surface area contributed by atoms with E-state index in [2.05, 4.69) is 6.07 Å². The van der Waals surface area contributed by atoms with Crippen LogP contribution in [0.4, 0.5) is 0 Å². The molecule has 0 spiro atoms. The molecule has 0 unspecified atom stereocenters. The van der Waals surface area contributed by atoms with Crippen LogP contribution in [0.2, 0.25) is 0 Å². The highest BCUT2D eigenvalue weighted by molar-refractivity contribution is 7.96. The molecule has 0 radical (unpaired) electrons. The normalized spacial score (nSPS) is 10.7. The largest absolute Gasteiger partial charge is 0.365 e. The topological polar surface area (TPSA) is 66.9 Å². The predicted molar refractivity (Wildman–Crippen MR) is 105 cm³/mol. The van der Waals surface area contributed by atoms with Crippen LogP contribution in [0, 0.1) is 11.3 Å². The number of nitrogens with two attached hydrogens (primary N) is 1. The van der Waals surface area contributed by atoms with Crippen LogP contribution >= 0.6 is 6.89 Å². The fourth-order valence-electron chi connectivity index (χ4n) is 3.08. The third-order valence-corrected chi connectivity index (χ3v) is 8.31. The van der Waals surface area contributed by atoms with Crippen molar-refractivity contribution in [3.8, 4) is 6.07 Å². The molecular weight excluding hydrogens is 327 g/mol. The van der Waals surface area contributed by atoms with Gasteiger partial charge < -0.3 is 5.73 Å². The zero-order chi connectivity index (χ0) is 17.7. The maximum absolute atomic E-state index is 12.3. The molecule has 0 aliphatic heterocycles. The van der Waals surface area contributed by atoms with Gasteiger partial charge in [-0.1, -0.05) is 91.0 Å². The molecule has 3 aromatic carbocycles. The highest BCUT2D eigenvalue weighted by Gasteiger charge is 2.32. The minimum atomic E-state index is -2.64. The van der Waals surface area contributed by atoms with Gasteiger partial charge >= 0.3 is 0 Å². The summed E-state index contributed by atoms with van der Waals surface area (Å²) in [5.41, 5.74) is 5.67. The number of hydrogen-bond donors (Lipinski definition) is 1. The Morgan fingerprint density at radius 2 is 1.04 bits per heavy atom. The van der Waals surface area contributed by atoms with Crippen LogP contribution in [0.25, 0.3) is 0 Å². The van der Waals surface area contributed by atoms with Gasteiger partial charge in [0, 0.05) is 6.89 Å². The van der Waals surface area contributed by atoms with Crippen molar-refractivity contribution in [1.82, 2.24) is 0 Å². The lowest BCUT2D eigenvalue weighted by Crippen LogP contribution is -2.35. The number of primary amides is 1. The quantitative estimate of drug-likeness (QED) is 0.737. The van der Waals surface area contributed by atoms with E-state index >= 15 is 0 Å². The van der Waals surface area contributed by atoms with E-state index in [1.165, 1.54) is 0 Å². The second-order valence-corrected chi connectivity index (χ2v) is 8.84. The van der Waals surface area contributed by atoms with Crippen LogP contribution in [0.1, 0.15) is 0 Å². The van der Waals surface area contributed by atoms with Crippen molar-refractivity contribution in [2.75, 3.05) is 0 Å². The number of nitrogens with zero attached hydrogens (tertiary/aromatic N) is 1. The molecule has 1 amide bonds. The standard InChI is InChI=1S/C21H17N2OP/c22-16-20(21(23)24)25(17-10-4-1-5-11-17,18-12-6-2-7-13-18)19-14-8-3-9-15-19/h1-15H,(H2,23,24). The first-order valence-electron chi connectivity index (χ1n) is 7.84. The molecule has 0 saturated heterocycles. The van der Waals surface area contributed by atoms with Crippen LogP contribution < -0.4 is 21.6 Å². The Bertz CT molecular complexity index is 871. The first kappa shape index (κ1) is 16.8. The van der Waals surface area contributed by atoms with Crippen LogP contribution in [0.15, 0.2) is 91.0 Å². The lowest BCUT2D eigenvalue weighted by Gasteiger charge is -2.29. The summed E-state index contributed by atoms with van der Waals surface area (Å²) < 4.78 is 0. The van der Waals surface area contributed by atoms with Crippen molar-refractivity contribution < 1.29 is 4.79 Å². The van der Waals surface area contributed by atoms with Crippen molar-refractivity contribution in [2.45, 2.75) is 0 Å². The summed E-state index contributed by atoms with van der Waals surface area (Å²) in [6.07, 6.45) is 0. The van der Waals surface area contributed by atoms with Crippen LogP contribution in [-0.2, 0) is 4.79 Å². The third-order valence-electron chi connectivity index (χ3n) is 4.11.